The monoisotopic (exact) mass is 376 g/mol. The zero-order valence-electron chi connectivity index (χ0n) is 16.8. The van der Waals surface area contributed by atoms with Crippen molar-refractivity contribution in [1.82, 2.24) is 15.6 Å². The van der Waals surface area contributed by atoms with Crippen LogP contribution in [0.4, 0.5) is 0 Å². The summed E-state index contributed by atoms with van der Waals surface area (Å²) >= 11 is 0. The molecule has 3 aromatic rings. The maximum Gasteiger partial charge on any atom is 0.191 e. The van der Waals surface area contributed by atoms with Crippen molar-refractivity contribution in [3.05, 3.63) is 71.4 Å². The van der Waals surface area contributed by atoms with Crippen LogP contribution in [-0.2, 0) is 13.0 Å². The lowest BCUT2D eigenvalue weighted by molar-refractivity contribution is 0.409. The minimum Gasteiger partial charge on any atom is -0.496 e. The van der Waals surface area contributed by atoms with Crippen molar-refractivity contribution in [2.75, 3.05) is 20.2 Å². The summed E-state index contributed by atoms with van der Waals surface area (Å²) in [6.07, 6.45) is 2.69. The molecule has 0 saturated heterocycles. The van der Waals surface area contributed by atoms with Gasteiger partial charge in [0.2, 0.25) is 0 Å². The maximum atomic E-state index is 5.47. The van der Waals surface area contributed by atoms with Crippen LogP contribution in [0, 0.1) is 6.92 Å². The Morgan fingerprint density at radius 1 is 1.07 bits per heavy atom. The summed E-state index contributed by atoms with van der Waals surface area (Å²) in [5.41, 5.74) is 4.56. The van der Waals surface area contributed by atoms with Crippen molar-refractivity contribution in [3.8, 4) is 5.75 Å². The maximum absolute atomic E-state index is 5.47. The van der Waals surface area contributed by atoms with Crippen LogP contribution < -0.4 is 15.4 Å². The van der Waals surface area contributed by atoms with Crippen LogP contribution in [0.2, 0.25) is 0 Å². The van der Waals surface area contributed by atoms with Crippen LogP contribution in [0.15, 0.2) is 59.7 Å². The minimum atomic E-state index is 0.581. The Labute approximate surface area is 166 Å². The van der Waals surface area contributed by atoms with Crippen molar-refractivity contribution in [3.63, 3.8) is 0 Å². The fourth-order valence-corrected chi connectivity index (χ4v) is 3.22. The molecule has 5 nitrogen and oxygen atoms in total. The van der Waals surface area contributed by atoms with Gasteiger partial charge in [0, 0.05) is 24.7 Å². The Morgan fingerprint density at radius 2 is 1.93 bits per heavy atom. The second-order valence-corrected chi connectivity index (χ2v) is 6.68. The molecule has 2 aromatic carbocycles. The van der Waals surface area contributed by atoms with E-state index in [2.05, 4.69) is 65.9 Å². The molecule has 0 aliphatic rings. The zero-order chi connectivity index (χ0) is 19.8. The van der Waals surface area contributed by atoms with Gasteiger partial charge in [-0.15, -0.1) is 0 Å². The van der Waals surface area contributed by atoms with Gasteiger partial charge in [0.05, 0.1) is 19.2 Å². The van der Waals surface area contributed by atoms with Gasteiger partial charge in [0.15, 0.2) is 5.96 Å². The number of hydrogen-bond acceptors (Lipinski definition) is 3. The highest BCUT2D eigenvalue weighted by atomic mass is 16.5. The topological polar surface area (TPSA) is 58.5 Å². The van der Waals surface area contributed by atoms with Gasteiger partial charge in [-0.2, -0.15) is 0 Å². The second-order valence-electron chi connectivity index (χ2n) is 6.68. The van der Waals surface area contributed by atoms with Gasteiger partial charge in [-0.1, -0.05) is 42.0 Å². The largest absolute Gasteiger partial charge is 0.496 e. The number of nitrogens with one attached hydrogen (secondary N) is 2. The van der Waals surface area contributed by atoms with E-state index >= 15 is 0 Å². The van der Waals surface area contributed by atoms with Gasteiger partial charge < -0.3 is 15.4 Å². The fourth-order valence-electron chi connectivity index (χ4n) is 3.22. The lowest BCUT2D eigenvalue weighted by atomic mass is 10.1. The number of pyridine rings is 1. The van der Waals surface area contributed by atoms with E-state index in [0.29, 0.717) is 6.54 Å². The van der Waals surface area contributed by atoms with E-state index < -0.39 is 0 Å². The smallest absolute Gasteiger partial charge is 0.191 e. The van der Waals surface area contributed by atoms with Crippen molar-refractivity contribution in [1.29, 1.82) is 0 Å². The number of fused-ring (bicyclic) bond motifs is 1. The first kappa shape index (κ1) is 19.7. The van der Waals surface area contributed by atoms with E-state index in [-0.39, 0.29) is 0 Å². The number of para-hydroxylation sites is 1. The number of rotatable bonds is 7. The van der Waals surface area contributed by atoms with E-state index in [1.54, 1.807) is 7.11 Å². The molecule has 28 heavy (non-hydrogen) atoms. The van der Waals surface area contributed by atoms with Gasteiger partial charge in [-0.3, -0.25) is 4.98 Å². The Bertz CT molecular complexity index is 947. The summed E-state index contributed by atoms with van der Waals surface area (Å²) in [6, 6.07) is 16.5. The molecular weight excluding hydrogens is 348 g/mol. The third-order valence-corrected chi connectivity index (χ3v) is 4.59. The first-order valence-corrected chi connectivity index (χ1v) is 9.69. The molecule has 0 amide bonds. The second kappa shape index (κ2) is 9.74. The predicted molar refractivity (Wildman–Crippen MR) is 116 cm³/mol. The van der Waals surface area contributed by atoms with E-state index in [0.717, 1.165) is 47.7 Å². The van der Waals surface area contributed by atoms with Crippen LogP contribution in [0.1, 0.15) is 23.6 Å². The first-order valence-electron chi connectivity index (χ1n) is 9.69. The zero-order valence-corrected chi connectivity index (χ0v) is 16.8. The molecule has 3 rings (SSSR count). The summed E-state index contributed by atoms with van der Waals surface area (Å²) in [5, 5.41) is 7.87. The highest BCUT2D eigenvalue weighted by Gasteiger charge is 2.05. The molecule has 0 unspecified atom stereocenters. The molecular formula is C23H28N4O. The molecule has 0 bridgehead atoms. The van der Waals surface area contributed by atoms with Crippen molar-refractivity contribution >= 4 is 16.9 Å². The Hall–Kier alpha value is -3.08. The highest BCUT2D eigenvalue weighted by Crippen LogP contribution is 2.20. The highest BCUT2D eigenvalue weighted by molar-refractivity contribution is 5.83. The van der Waals surface area contributed by atoms with Gasteiger partial charge in [-0.05, 0) is 43.5 Å². The van der Waals surface area contributed by atoms with Crippen LogP contribution >= 0.6 is 0 Å². The Kier molecular flexibility index (Phi) is 6.84. The van der Waals surface area contributed by atoms with Gasteiger partial charge in [0.25, 0.3) is 0 Å². The summed E-state index contributed by atoms with van der Waals surface area (Å²) in [5.74, 6) is 1.73. The third kappa shape index (κ3) is 5.00. The number of guanidine groups is 1. The number of aliphatic imine (C=N–C) groups is 1. The fraction of sp³-hybridized carbons (Fsp3) is 0.304. The number of aryl methyl sites for hydroxylation is 1. The molecule has 0 saturated carbocycles. The SMILES string of the molecule is CCNC(=NCc1cccc2cccnc12)NCCc1cc(C)ccc1OC. The molecule has 1 heterocycles. The lowest BCUT2D eigenvalue weighted by Gasteiger charge is -2.13. The summed E-state index contributed by atoms with van der Waals surface area (Å²) in [7, 11) is 1.71. The van der Waals surface area contributed by atoms with Gasteiger partial charge >= 0.3 is 0 Å². The molecule has 0 fully saturated rings. The quantitative estimate of drug-likeness (QED) is 0.486. The van der Waals surface area contributed by atoms with Crippen LogP contribution in [0.5, 0.6) is 5.75 Å². The third-order valence-electron chi connectivity index (χ3n) is 4.59. The van der Waals surface area contributed by atoms with Crippen molar-refractivity contribution in [2.24, 2.45) is 4.99 Å². The van der Waals surface area contributed by atoms with Crippen LogP contribution in [-0.4, -0.2) is 31.1 Å². The molecule has 1 aromatic heterocycles. The van der Waals surface area contributed by atoms with E-state index in [1.807, 2.05) is 18.3 Å². The molecule has 2 N–H and O–H groups in total. The normalized spacial score (nSPS) is 11.5. The molecule has 0 aliphatic carbocycles. The summed E-state index contributed by atoms with van der Waals surface area (Å²) < 4.78 is 5.47. The number of benzene rings is 2. The lowest BCUT2D eigenvalue weighted by Crippen LogP contribution is -2.38. The predicted octanol–water partition coefficient (Wildman–Crippen LogP) is 3.85. The first-order chi connectivity index (χ1) is 13.7. The molecule has 0 aliphatic heterocycles. The standard InChI is InChI=1S/C23H28N4O/c1-4-24-23(26-14-12-19-15-17(2)10-11-21(19)28-3)27-16-20-8-5-7-18-9-6-13-25-22(18)20/h5-11,13,15H,4,12,14,16H2,1-3H3,(H2,24,26,27). The van der Waals surface area contributed by atoms with Gasteiger partial charge in [-0.25, -0.2) is 4.99 Å². The average molecular weight is 377 g/mol. The molecule has 146 valence electrons. The number of ether oxygens (including phenoxy) is 1. The van der Waals surface area contributed by atoms with Crippen LogP contribution in [0.25, 0.3) is 10.9 Å². The number of aromatic nitrogens is 1. The van der Waals surface area contributed by atoms with Crippen LogP contribution in [0.3, 0.4) is 0 Å². The molecule has 0 radical (unpaired) electrons. The summed E-state index contributed by atoms with van der Waals surface area (Å²) in [6.45, 7) is 6.34. The minimum absolute atomic E-state index is 0.581. The number of methoxy groups -OCH3 is 1. The van der Waals surface area contributed by atoms with Crippen molar-refractivity contribution < 1.29 is 4.74 Å². The average Bonchev–Trinajstić information content (AvgIpc) is 2.72. The molecule has 0 spiro atoms. The number of hydrogen-bond donors (Lipinski definition) is 2. The van der Waals surface area contributed by atoms with E-state index in [4.69, 9.17) is 9.73 Å². The molecule has 0 atom stereocenters. The van der Waals surface area contributed by atoms with E-state index in [9.17, 15) is 0 Å². The van der Waals surface area contributed by atoms with Gasteiger partial charge in [0.1, 0.15) is 5.75 Å². The Balaban J connectivity index is 1.67. The summed E-state index contributed by atoms with van der Waals surface area (Å²) in [4.78, 5) is 9.26. The molecule has 5 heteroatoms. The number of nitrogens with zero attached hydrogens (tertiary/aromatic N) is 2. The van der Waals surface area contributed by atoms with Crippen molar-refractivity contribution in [2.45, 2.75) is 26.8 Å². The Morgan fingerprint density at radius 3 is 2.75 bits per heavy atom. The van der Waals surface area contributed by atoms with E-state index in [1.165, 1.54) is 11.1 Å².